The van der Waals surface area contributed by atoms with Crippen LogP contribution in [0, 0.1) is 0 Å². The second-order valence-electron chi connectivity index (χ2n) is 1.32. The van der Waals surface area contributed by atoms with E-state index in [-0.39, 0.29) is 59.1 Å². The van der Waals surface area contributed by atoms with Crippen LogP contribution in [0.1, 0.15) is 0 Å². The van der Waals surface area contributed by atoms with Gasteiger partial charge in [0.2, 0.25) is 0 Å². The Morgan fingerprint density at radius 2 is 1.90 bits per heavy atom. The molecule has 10 heavy (non-hydrogen) atoms. The molecule has 7 heteroatoms. The summed E-state index contributed by atoms with van der Waals surface area (Å²) in [5, 5.41) is 19.9. The van der Waals surface area contributed by atoms with E-state index in [1.807, 2.05) is 0 Å². The Balaban J connectivity index is 0. The van der Waals surface area contributed by atoms with E-state index >= 15 is 0 Å². The summed E-state index contributed by atoms with van der Waals surface area (Å²) in [4.78, 5) is 3.51. The molecule has 4 nitrogen and oxygen atoms in total. The van der Waals surface area contributed by atoms with Crippen molar-refractivity contribution in [3.8, 4) is 0 Å². The monoisotopic (exact) mass is 156 g/mol. The van der Waals surface area contributed by atoms with Gasteiger partial charge in [-0.25, -0.2) is 4.98 Å². The van der Waals surface area contributed by atoms with Crippen LogP contribution < -0.4 is 69.2 Å². The number of nitrogens with zero attached hydrogens (tertiary/aromatic N) is 2. The first-order chi connectivity index (χ1) is 3.80. The molecular formula is C3H3BN2Na2O2. The van der Waals surface area contributed by atoms with Gasteiger partial charge in [0.15, 0.2) is 0 Å². The van der Waals surface area contributed by atoms with Gasteiger partial charge in [0.25, 0.3) is 0 Å². The third-order valence-electron chi connectivity index (χ3n) is 0.768. The van der Waals surface area contributed by atoms with Crippen LogP contribution in [0.25, 0.3) is 0 Å². The van der Waals surface area contributed by atoms with Crippen LogP contribution in [0.2, 0.25) is 0 Å². The molecule has 0 aliphatic rings. The molecule has 1 aromatic heterocycles. The summed E-state index contributed by atoms with van der Waals surface area (Å²) in [6.07, 6.45) is 3.93. The third kappa shape index (κ3) is 4.15. The summed E-state index contributed by atoms with van der Waals surface area (Å²) >= 11 is 0. The zero-order chi connectivity index (χ0) is 5.98. The largest absolute Gasteiger partial charge is 1.00 e. The topological polar surface area (TPSA) is 63.9 Å². The Bertz CT molecular complexity index is 158. The van der Waals surface area contributed by atoms with Gasteiger partial charge in [0.05, 0.1) is 6.33 Å². The van der Waals surface area contributed by atoms with Crippen LogP contribution >= 0.6 is 0 Å². The summed E-state index contributed by atoms with van der Waals surface area (Å²) in [7, 11) is -1.96. The van der Waals surface area contributed by atoms with E-state index in [4.69, 9.17) is 0 Å². The van der Waals surface area contributed by atoms with Gasteiger partial charge in [-0.2, -0.15) is 0 Å². The SMILES string of the molecule is [Na+].[Na+].[O-]B([O-])n1ccnc1. The fraction of sp³-hybridized carbons (Fsp3) is 0. The van der Waals surface area contributed by atoms with Gasteiger partial charge in [-0.1, -0.05) is 0 Å². The first-order valence-corrected chi connectivity index (χ1v) is 2.10. The van der Waals surface area contributed by atoms with Crippen LogP contribution in [0.15, 0.2) is 18.7 Å². The minimum Gasteiger partial charge on any atom is -0.876 e. The molecule has 0 aliphatic carbocycles. The van der Waals surface area contributed by atoms with Crippen molar-refractivity contribution in [2.24, 2.45) is 0 Å². The van der Waals surface area contributed by atoms with E-state index in [0.717, 1.165) is 4.48 Å². The molecule has 0 atom stereocenters. The standard InChI is InChI=1S/C3H3BN2O2.2Na/c7-4(8)6-2-1-5-3-6;;/h1-3H;;/q-2;2*+1. The molecule has 0 saturated heterocycles. The van der Waals surface area contributed by atoms with Crippen LogP contribution in [-0.4, -0.2) is 16.7 Å². The summed E-state index contributed by atoms with van der Waals surface area (Å²) in [5.74, 6) is 0. The average molecular weight is 156 g/mol. The van der Waals surface area contributed by atoms with E-state index < -0.39 is 7.25 Å². The molecule has 0 spiro atoms. The number of rotatable bonds is 1. The second kappa shape index (κ2) is 6.88. The van der Waals surface area contributed by atoms with Crippen molar-refractivity contribution < 1.29 is 69.2 Å². The maximum Gasteiger partial charge on any atom is 1.00 e. The molecule has 0 unspecified atom stereocenters. The number of aromatic nitrogens is 2. The summed E-state index contributed by atoms with van der Waals surface area (Å²) < 4.78 is 0.944. The van der Waals surface area contributed by atoms with Gasteiger partial charge in [0.1, 0.15) is 0 Å². The van der Waals surface area contributed by atoms with Gasteiger partial charge in [-0.3, -0.25) is 0 Å². The molecule has 0 aliphatic heterocycles. The molecule has 0 radical (unpaired) electrons. The van der Waals surface area contributed by atoms with Crippen molar-refractivity contribution in [2.45, 2.75) is 0 Å². The number of imidazole rings is 1. The zero-order valence-corrected chi connectivity index (χ0v) is 10.0. The minimum absolute atomic E-state index is 0. The molecule has 0 amide bonds. The minimum atomic E-state index is -1.96. The molecule has 0 saturated carbocycles. The Hall–Kier alpha value is 1.19. The normalized spacial score (nSPS) is 7.40. The van der Waals surface area contributed by atoms with Gasteiger partial charge in [-0.05, 0) is 0 Å². The van der Waals surface area contributed by atoms with E-state index in [1.165, 1.54) is 18.7 Å². The van der Waals surface area contributed by atoms with Crippen molar-refractivity contribution in [3.05, 3.63) is 18.7 Å². The summed E-state index contributed by atoms with van der Waals surface area (Å²) in [5.41, 5.74) is 0. The van der Waals surface area contributed by atoms with Crippen molar-refractivity contribution in [3.63, 3.8) is 0 Å². The second-order valence-corrected chi connectivity index (χ2v) is 1.32. The molecule has 0 N–H and O–H groups in total. The first kappa shape index (κ1) is 13.8. The molecule has 42 valence electrons. The van der Waals surface area contributed by atoms with E-state index in [9.17, 15) is 10.0 Å². The van der Waals surface area contributed by atoms with Crippen molar-refractivity contribution in [1.29, 1.82) is 0 Å². The van der Waals surface area contributed by atoms with E-state index in [2.05, 4.69) is 4.98 Å². The van der Waals surface area contributed by atoms with E-state index in [0.29, 0.717) is 0 Å². The smallest absolute Gasteiger partial charge is 0.876 e. The molecular weight excluding hydrogens is 153 g/mol. The Labute approximate surface area is 103 Å². The third-order valence-corrected chi connectivity index (χ3v) is 0.768. The Morgan fingerprint density at radius 3 is 2.10 bits per heavy atom. The van der Waals surface area contributed by atoms with Crippen LogP contribution in [0.3, 0.4) is 0 Å². The van der Waals surface area contributed by atoms with Crippen molar-refractivity contribution in [2.75, 3.05) is 0 Å². The van der Waals surface area contributed by atoms with Gasteiger partial charge in [0, 0.05) is 19.6 Å². The summed E-state index contributed by atoms with van der Waals surface area (Å²) in [6, 6.07) is 0. The first-order valence-electron chi connectivity index (χ1n) is 2.10. The maximum atomic E-state index is 9.96. The van der Waals surface area contributed by atoms with Crippen LogP contribution in [0.4, 0.5) is 0 Å². The van der Waals surface area contributed by atoms with Crippen molar-refractivity contribution >= 4 is 7.25 Å². The molecule has 1 aromatic rings. The summed E-state index contributed by atoms with van der Waals surface area (Å²) in [6.45, 7) is 0. The quantitative estimate of drug-likeness (QED) is 0.379. The molecule has 0 fully saturated rings. The Kier molecular flexibility index (Phi) is 9.47. The van der Waals surface area contributed by atoms with E-state index in [1.54, 1.807) is 0 Å². The molecule has 0 bridgehead atoms. The maximum absolute atomic E-state index is 9.96. The number of hydrogen-bond donors (Lipinski definition) is 0. The predicted octanol–water partition coefficient (Wildman–Crippen LogP) is -8.56. The Morgan fingerprint density at radius 1 is 1.30 bits per heavy atom. The molecule has 1 rings (SSSR count). The van der Waals surface area contributed by atoms with Crippen molar-refractivity contribution in [1.82, 2.24) is 9.46 Å². The van der Waals surface area contributed by atoms with Gasteiger partial charge in [-0.15, -0.1) is 0 Å². The fourth-order valence-corrected chi connectivity index (χ4v) is 0.394. The molecule has 0 aromatic carbocycles. The zero-order valence-electron chi connectivity index (χ0n) is 6.02. The fourth-order valence-electron chi connectivity index (χ4n) is 0.394. The molecule has 1 heterocycles. The van der Waals surface area contributed by atoms with Gasteiger partial charge < -0.3 is 14.5 Å². The van der Waals surface area contributed by atoms with Crippen LogP contribution in [-0.2, 0) is 0 Å². The number of hydrogen-bond acceptors (Lipinski definition) is 3. The average Bonchev–Trinajstić information content (AvgIpc) is 2.12. The van der Waals surface area contributed by atoms with Gasteiger partial charge >= 0.3 is 59.1 Å². The van der Waals surface area contributed by atoms with Crippen LogP contribution in [0.5, 0.6) is 0 Å². The predicted molar refractivity (Wildman–Crippen MR) is 23.4 cm³/mol.